The van der Waals surface area contributed by atoms with Crippen molar-refractivity contribution in [3.63, 3.8) is 0 Å². The molecule has 0 spiro atoms. The highest BCUT2D eigenvalue weighted by Crippen LogP contribution is 2.06. The van der Waals surface area contributed by atoms with Crippen LogP contribution < -0.4 is 0 Å². The molecule has 0 saturated heterocycles. The van der Waals surface area contributed by atoms with E-state index in [0.717, 1.165) is 11.3 Å². The summed E-state index contributed by atoms with van der Waals surface area (Å²) in [5.41, 5.74) is 1.91. The van der Waals surface area contributed by atoms with Crippen LogP contribution in [0.15, 0.2) is 67.9 Å². The summed E-state index contributed by atoms with van der Waals surface area (Å²) in [6.45, 7) is 7.28. The second-order valence-corrected chi connectivity index (χ2v) is 3.04. The van der Waals surface area contributed by atoms with Gasteiger partial charge < -0.3 is 0 Å². The van der Waals surface area contributed by atoms with Crippen LogP contribution in [0, 0.1) is 0 Å². The number of pyridine rings is 1. The summed E-state index contributed by atoms with van der Waals surface area (Å²) < 4.78 is 0. The molecular weight excluding hydrogens is 194 g/mol. The molecule has 1 aromatic carbocycles. The highest BCUT2D eigenvalue weighted by Gasteiger charge is 1.91. The highest BCUT2D eigenvalue weighted by atomic mass is 14.7. The van der Waals surface area contributed by atoms with Crippen LogP contribution in [0.5, 0.6) is 0 Å². The zero-order valence-corrected chi connectivity index (χ0v) is 9.21. The standard InChI is InChI=1S/C9H9N.C6H6/c1-3-8-6-5-7-10-9(8)4-2;1-2-4-6-5-3-1/h3-7H,1-2H2;1-6H. The van der Waals surface area contributed by atoms with Gasteiger partial charge in [0.1, 0.15) is 0 Å². The lowest BCUT2D eigenvalue weighted by molar-refractivity contribution is 1.28. The summed E-state index contributed by atoms with van der Waals surface area (Å²) in [5, 5.41) is 0. The predicted molar refractivity (Wildman–Crippen MR) is 70.9 cm³/mol. The summed E-state index contributed by atoms with van der Waals surface area (Å²) in [6.07, 6.45) is 5.23. The molecule has 0 aliphatic rings. The molecule has 80 valence electrons. The minimum absolute atomic E-state index is 0.887. The topological polar surface area (TPSA) is 12.9 Å². The van der Waals surface area contributed by atoms with Crippen LogP contribution in [0.25, 0.3) is 12.2 Å². The van der Waals surface area contributed by atoms with Crippen molar-refractivity contribution in [3.8, 4) is 0 Å². The van der Waals surface area contributed by atoms with Crippen molar-refractivity contribution in [1.82, 2.24) is 4.98 Å². The fourth-order valence-electron chi connectivity index (χ4n) is 1.16. The van der Waals surface area contributed by atoms with Crippen molar-refractivity contribution in [2.24, 2.45) is 0 Å². The number of nitrogens with zero attached hydrogens (tertiary/aromatic N) is 1. The Morgan fingerprint density at radius 1 is 0.812 bits per heavy atom. The Morgan fingerprint density at radius 3 is 1.75 bits per heavy atom. The lowest BCUT2D eigenvalue weighted by Crippen LogP contribution is -1.82. The van der Waals surface area contributed by atoms with Gasteiger partial charge in [-0.3, -0.25) is 4.98 Å². The minimum Gasteiger partial charge on any atom is -0.256 e. The number of rotatable bonds is 2. The van der Waals surface area contributed by atoms with Gasteiger partial charge in [0.05, 0.1) is 5.69 Å². The van der Waals surface area contributed by atoms with E-state index >= 15 is 0 Å². The molecule has 2 aromatic rings. The molecular formula is C15H15N. The van der Waals surface area contributed by atoms with Gasteiger partial charge in [0.15, 0.2) is 0 Å². The summed E-state index contributed by atoms with van der Waals surface area (Å²) in [4.78, 5) is 4.08. The Balaban J connectivity index is 0.000000181. The lowest BCUT2D eigenvalue weighted by Gasteiger charge is -1.95. The summed E-state index contributed by atoms with van der Waals surface area (Å²) in [7, 11) is 0. The molecule has 0 aliphatic carbocycles. The maximum atomic E-state index is 4.08. The molecule has 0 N–H and O–H groups in total. The molecule has 0 bridgehead atoms. The van der Waals surface area contributed by atoms with Crippen LogP contribution in [0.2, 0.25) is 0 Å². The molecule has 1 heteroatoms. The largest absolute Gasteiger partial charge is 0.256 e. The van der Waals surface area contributed by atoms with Crippen LogP contribution in [0.3, 0.4) is 0 Å². The van der Waals surface area contributed by atoms with Gasteiger partial charge in [0, 0.05) is 6.20 Å². The maximum absolute atomic E-state index is 4.08. The van der Waals surface area contributed by atoms with Gasteiger partial charge >= 0.3 is 0 Å². The quantitative estimate of drug-likeness (QED) is 0.727. The molecule has 0 radical (unpaired) electrons. The Hall–Kier alpha value is -2.15. The predicted octanol–water partition coefficient (Wildman–Crippen LogP) is 4.05. The third-order valence-electron chi connectivity index (χ3n) is 1.95. The van der Waals surface area contributed by atoms with E-state index in [2.05, 4.69) is 18.1 Å². The second kappa shape index (κ2) is 7.18. The first-order chi connectivity index (χ1) is 7.88. The maximum Gasteiger partial charge on any atom is 0.0695 e. The van der Waals surface area contributed by atoms with Gasteiger partial charge in [-0.1, -0.05) is 61.7 Å². The number of hydrogen-bond donors (Lipinski definition) is 0. The Morgan fingerprint density at radius 2 is 1.38 bits per heavy atom. The van der Waals surface area contributed by atoms with Gasteiger partial charge in [-0.15, -0.1) is 0 Å². The van der Waals surface area contributed by atoms with Gasteiger partial charge in [-0.2, -0.15) is 0 Å². The molecule has 0 fully saturated rings. The normalized spacial score (nSPS) is 8.50. The van der Waals surface area contributed by atoms with Gasteiger partial charge in [-0.05, 0) is 17.7 Å². The van der Waals surface area contributed by atoms with Crippen LogP contribution in [0.4, 0.5) is 0 Å². The van der Waals surface area contributed by atoms with E-state index in [1.54, 1.807) is 18.3 Å². The van der Waals surface area contributed by atoms with E-state index in [9.17, 15) is 0 Å². The Kier molecular flexibility index (Phi) is 5.35. The molecule has 1 aromatic heterocycles. The van der Waals surface area contributed by atoms with Crippen molar-refractivity contribution < 1.29 is 0 Å². The van der Waals surface area contributed by atoms with Crippen molar-refractivity contribution in [3.05, 3.63) is 79.1 Å². The van der Waals surface area contributed by atoms with Gasteiger partial charge in [0.25, 0.3) is 0 Å². The molecule has 0 aliphatic heterocycles. The van der Waals surface area contributed by atoms with E-state index in [0.29, 0.717) is 0 Å². The number of benzene rings is 1. The zero-order valence-electron chi connectivity index (χ0n) is 9.21. The van der Waals surface area contributed by atoms with Crippen LogP contribution >= 0.6 is 0 Å². The first kappa shape index (κ1) is 11.9. The lowest BCUT2D eigenvalue weighted by atomic mass is 10.2. The smallest absolute Gasteiger partial charge is 0.0695 e. The molecule has 16 heavy (non-hydrogen) atoms. The van der Waals surface area contributed by atoms with Crippen LogP contribution in [-0.4, -0.2) is 4.98 Å². The average molecular weight is 209 g/mol. The number of aromatic nitrogens is 1. The van der Waals surface area contributed by atoms with Crippen molar-refractivity contribution >= 4 is 12.2 Å². The third kappa shape index (κ3) is 3.93. The first-order valence-corrected chi connectivity index (χ1v) is 5.08. The molecule has 2 rings (SSSR count). The van der Waals surface area contributed by atoms with E-state index in [4.69, 9.17) is 0 Å². The average Bonchev–Trinajstić information content (AvgIpc) is 2.41. The number of hydrogen-bond acceptors (Lipinski definition) is 1. The van der Waals surface area contributed by atoms with Crippen LogP contribution in [-0.2, 0) is 0 Å². The third-order valence-corrected chi connectivity index (χ3v) is 1.95. The van der Waals surface area contributed by atoms with E-state index in [1.807, 2.05) is 48.5 Å². The van der Waals surface area contributed by atoms with Crippen LogP contribution in [0.1, 0.15) is 11.3 Å². The SMILES string of the molecule is C=Cc1cccnc1C=C.c1ccccc1. The Labute approximate surface area is 96.8 Å². The van der Waals surface area contributed by atoms with E-state index in [1.165, 1.54) is 0 Å². The molecule has 0 atom stereocenters. The first-order valence-electron chi connectivity index (χ1n) is 5.08. The Bertz CT molecular complexity index is 378. The van der Waals surface area contributed by atoms with Crippen molar-refractivity contribution in [2.45, 2.75) is 0 Å². The molecule has 0 saturated carbocycles. The van der Waals surface area contributed by atoms with Crippen molar-refractivity contribution in [2.75, 3.05) is 0 Å². The monoisotopic (exact) mass is 209 g/mol. The second-order valence-electron chi connectivity index (χ2n) is 3.04. The van der Waals surface area contributed by atoms with Gasteiger partial charge in [-0.25, -0.2) is 0 Å². The molecule has 1 heterocycles. The highest BCUT2D eigenvalue weighted by molar-refractivity contribution is 5.59. The van der Waals surface area contributed by atoms with E-state index in [-0.39, 0.29) is 0 Å². The summed E-state index contributed by atoms with van der Waals surface area (Å²) in [5.74, 6) is 0. The fourth-order valence-corrected chi connectivity index (χ4v) is 1.16. The molecule has 0 unspecified atom stereocenters. The van der Waals surface area contributed by atoms with Gasteiger partial charge in [0.2, 0.25) is 0 Å². The fraction of sp³-hybridized carbons (Fsp3) is 0. The summed E-state index contributed by atoms with van der Waals surface area (Å²) in [6, 6.07) is 15.8. The molecule has 1 nitrogen and oxygen atoms in total. The minimum atomic E-state index is 0.887. The molecule has 0 amide bonds. The van der Waals surface area contributed by atoms with Crippen molar-refractivity contribution in [1.29, 1.82) is 0 Å². The summed E-state index contributed by atoms with van der Waals surface area (Å²) >= 11 is 0. The van der Waals surface area contributed by atoms with E-state index < -0.39 is 0 Å². The zero-order chi connectivity index (χ0) is 11.6.